The standard InChI is InChI=1S/C51H34N4/c1-4-17-35(18-5-1)38-23-14-24-39(33-38)50-52-49(37-21-8-3-9-22-37)53-51(54-50)40-25-15-26-41(34-40)55-46-31-13-12-29-45(46)48-44(30-16-32-47(48)55)43-28-11-10-27-42(43)36-19-6-2-7-20-36/h1-34H/i12D,13D,29D,31D. The van der Waals surface area contributed by atoms with Crippen molar-refractivity contribution in [3.63, 3.8) is 0 Å². The van der Waals surface area contributed by atoms with Crippen LogP contribution >= 0.6 is 0 Å². The number of rotatable bonds is 7. The first-order valence-corrected chi connectivity index (χ1v) is 18.2. The van der Waals surface area contributed by atoms with Crippen molar-refractivity contribution in [1.29, 1.82) is 0 Å². The highest BCUT2D eigenvalue weighted by molar-refractivity contribution is 6.16. The number of nitrogens with zero attached hydrogens (tertiary/aromatic N) is 4. The monoisotopic (exact) mass is 706 g/mol. The molecular formula is C51H34N4. The van der Waals surface area contributed by atoms with E-state index in [1.165, 1.54) is 0 Å². The van der Waals surface area contributed by atoms with Crippen LogP contribution in [-0.2, 0) is 0 Å². The van der Waals surface area contributed by atoms with Crippen LogP contribution < -0.4 is 0 Å². The third kappa shape index (κ3) is 5.96. The molecule has 0 N–H and O–H groups in total. The van der Waals surface area contributed by atoms with E-state index in [1.54, 1.807) is 0 Å². The van der Waals surface area contributed by atoms with Gasteiger partial charge in [-0.25, -0.2) is 15.0 Å². The van der Waals surface area contributed by atoms with Crippen molar-refractivity contribution in [2.45, 2.75) is 0 Å². The lowest BCUT2D eigenvalue weighted by Crippen LogP contribution is -2.01. The molecule has 0 aliphatic rings. The number of benzene rings is 8. The summed E-state index contributed by atoms with van der Waals surface area (Å²) in [4.78, 5) is 15.1. The van der Waals surface area contributed by atoms with Crippen LogP contribution in [0.3, 0.4) is 0 Å². The molecule has 0 fully saturated rings. The Balaban J connectivity index is 1.20. The van der Waals surface area contributed by atoms with Gasteiger partial charge in [-0.1, -0.05) is 176 Å². The molecule has 4 heteroatoms. The molecule has 8 aromatic carbocycles. The normalized spacial score (nSPS) is 12.3. The lowest BCUT2D eigenvalue weighted by molar-refractivity contribution is 1.07. The Morgan fingerprint density at radius 2 is 0.873 bits per heavy atom. The van der Waals surface area contributed by atoms with Gasteiger partial charge in [0.25, 0.3) is 0 Å². The predicted molar refractivity (Wildman–Crippen MR) is 227 cm³/mol. The van der Waals surface area contributed by atoms with Gasteiger partial charge in [0.15, 0.2) is 17.5 Å². The number of para-hydroxylation sites is 1. The average Bonchev–Trinajstić information content (AvgIpc) is 3.67. The van der Waals surface area contributed by atoms with Crippen LogP contribution in [0.4, 0.5) is 0 Å². The Bertz CT molecular complexity index is 3200. The van der Waals surface area contributed by atoms with Gasteiger partial charge in [0.2, 0.25) is 0 Å². The van der Waals surface area contributed by atoms with Gasteiger partial charge >= 0.3 is 0 Å². The zero-order chi connectivity index (χ0) is 40.0. The van der Waals surface area contributed by atoms with Crippen molar-refractivity contribution in [3.05, 3.63) is 206 Å². The van der Waals surface area contributed by atoms with Gasteiger partial charge < -0.3 is 4.57 Å². The molecule has 55 heavy (non-hydrogen) atoms. The summed E-state index contributed by atoms with van der Waals surface area (Å²) < 4.78 is 38.1. The summed E-state index contributed by atoms with van der Waals surface area (Å²) in [5.41, 5.74) is 10.3. The van der Waals surface area contributed by atoms with E-state index in [1.807, 2.05) is 138 Å². The molecule has 0 aliphatic carbocycles. The van der Waals surface area contributed by atoms with Crippen LogP contribution in [0.5, 0.6) is 0 Å². The molecule has 0 spiro atoms. The fourth-order valence-electron chi connectivity index (χ4n) is 7.45. The minimum absolute atomic E-state index is 0.0853. The summed E-state index contributed by atoms with van der Waals surface area (Å²) in [7, 11) is 0. The highest BCUT2D eigenvalue weighted by atomic mass is 15.0. The summed E-state index contributed by atoms with van der Waals surface area (Å²) in [5.74, 6) is 1.54. The van der Waals surface area contributed by atoms with E-state index in [-0.39, 0.29) is 24.2 Å². The number of aromatic nitrogens is 4. The first kappa shape index (κ1) is 28.1. The Morgan fingerprint density at radius 3 is 1.60 bits per heavy atom. The lowest BCUT2D eigenvalue weighted by atomic mass is 9.92. The van der Waals surface area contributed by atoms with Crippen LogP contribution in [0.1, 0.15) is 5.48 Å². The maximum atomic E-state index is 9.30. The fourth-order valence-corrected chi connectivity index (χ4v) is 7.45. The second-order valence-electron chi connectivity index (χ2n) is 13.3. The van der Waals surface area contributed by atoms with E-state index in [2.05, 4.69) is 48.5 Å². The molecule has 2 heterocycles. The second-order valence-corrected chi connectivity index (χ2v) is 13.3. The highest BCUT2D eigenvalue weighted by Gasteiger charge is 2.19. The SMILES string of the molecule is [2H]c1c([2H])c([2H])c2c(c1[2H])c1c(-c3ccccc3-c3ccccc3)cccc1n2-c1cccc(-c2nc(-c3ccccc3)nc(-c3cccc(-c4ccccc4)c3)n2)c1. The second kappa shape index (κ2) is 13.8. The minimum Gasteiger partial charge on any atom is -0.309 e. The van der Waals surface area contributed by atoms with Crippen molar-refractivity contribution in [2.75, 3.05) is 0 Å². The maximum Gasteiger partial charge on any atom is 0.164 e. The molecule has 10 aromatic rings. The molecule has 0 saturated carbocycles. The predicted octanol–water partition coefficient (Wildman–Crippen LogP) is 13.0. The van der Waals surface area contributed by atoms with E-state index in [0.29, 0.717) is 34.1 Å². The molecule has 0 saturated heterocycles. The summed E-state index contributed by atoms with van der Waals surface area (Å²) >= 11 is 0. The van der Waals surface area contributed by atoms with Crippen LogP contribution in [0.2, 0.25) is 0 Å². The third-order valence-corrected chi connectivity index (χ3v) is 9.98. The zero-order valence-corrected chi connectivity index (χ0v) is 29.6. The summed E-state index contributed by atoms with van der Waals surface area (Å²) in [6, 6.07) is 59.7. The zero-order valence-electron chi connectivity index (χ0n) is 33.6. The Labute approximate surface area is 325 Å². The van der Waals surface area contributed by atoms with E-state index in [4.69, 9.17) is 17.7 Å². The van der Waals surface area contributed by atoms with Gasteiger partial charge in [-0.05, 0) is 63.7 Å². The molecule has 0 aliphatic heterocycles. The van der Waals surface area contributed by atoms with Crippen LogP contribution in [0.25, 0.3) is 95.0 Å². The van der Waals surface area contributed by atoms with Crippen LogP contribution in [0, 0.1) is 0 Å². The molecule has 0 atom stereocenters. The first-order chi connectivity index (χ1) is 28.9. The molecule has 258 valence electrons. The molecule has 0 bridgehead atoms. The number of fused-ring (bicyclic) bond motifs is 3. The lowest BCUT2D eigenvalue weighted by Gasteiger charge is -2.13. The minimum atomic E-state index is -0.290. The molecule has 2 aromatic heterocycles. The van der Waals surface area contributed by atoms with E-state index in [9.17, 15) is 2.74 Å². The summed E-state index contributed by atoms with van der Waals surface area (Å²) in [6.07, 6.45) is 0. The largest absolute Gasteiger partial charge is 0.309 e. The molecule has 4 nitrogen and oxygen atoms in total. The first-order valence-electron chi connectivity index (χ1n) is 20.2. The topological polar surface area (TPSA) is 43.6 Å². The van der Waals surface area contributed by atoms with Crippen molar-refractivity contribution < 1.29 is 5.48 Å². The third-order valence-electron chi connectivity index (χ3n) is 9.98. The molecule has 0 amide bonds. The number of hydrogen-bond acceptors (Lipinski definition) is 3. The van der Waals surface area contributed by atoms with Crippen molar-refractivity contribution in [2.24, 2.45) is 0 Å². The van der Waals surface area contributed by atoms with Gasteiger partial charge in [0.1, 0.15) is 0 Å². The van der Waals surface area contributed by atoms with Crippen molar-refractivity contribution in [3.8, 4) is 73.2 Å². The van der Waals surface area contributed by atoms with Gasteiger partial charge in [0, 0.05) is 33.2 Å². The van der Waals surface area contributed by atoms with Crippen LogP contribution in [-0.4, -0.2) is 19.5 Å². The van der Waals surface area contributed by atoms with Gasteiger partial charge in [-0.3, -0.25) is 0 Å². The van der Waals surface area contributed by atoms with Crippen molar-refractivity contribution in [1.82, 2.24) is 19.5 Å². The molecule has 0 radical (unpaired) electrons. The Morgan fingerprint density at radius 1 is 0.364 bits per heavy atom. The van der Waals surface area contributed by atoms with E-state index >= 15 is 0 Å². The van der Waals surface area contributed by atoms with E-state index in [0.717, 1.165) is 61.0 Å². The Hall–Kier alpha value is -7.43. The highest BCUT2D eigenvalue weighted by Crippen LogP contribution is 2.42. The molecular weight excluding hydrogens is 669 g/mol. The quantitative estimate of drug-likeness (QED) is 0.166. The average molecular weight is 707 g/mol. The number of hydrogen-bond donors (Lipinski definition) is 0. The summed E-state index contributed by atoms with van der Waals surface area (Å²) in [5, 5.41) is 1.21. The fraction of sp³-hybridized carbons (Fsp3) is 0. The Kier molecular flexibility index (Phi) is 7.08. The van der Waals surface area contributed by atoms with Crippen molar-refractivity contribution >= 4 is 21.8 Å². The smallest absolute Gasteiger partial charge is 0.164 e. The van der Waals surface area contributed by atoms with Gasteiger partial charge in [-0.2, -0.15) is 0 Å². The van der Waals surface area contributed by atoms with Gasteiger partial charge in [0.05, 0.1) is 16.5 Å². The maximum absolute atomic E-state index is 9.30. The van der Waals surface area contributed by atoms with E-state index < -0.39 is 0 Å². The van der Waals surface area contributed by atoms with Crippen LogP contribution in [0.15, 0.2) is 206 Å². The molecule has 10 rings (SSSR count). The summed E-state index contributed by atoms with van der Waals surface area (Å²) in [6.45, 7) is 0. The van der Waals surface area contributed by atoms with Gasteiger partial charge in [-0.15, -0.1) is 0 Å². The molecule has 0 unspecified atom stereocenters.